The molecule has 0 spiro atoms. The first-order valence-electron chi connectivity index (χ1n) is 10.4. The molecule has 6 rings (SSSR count). The lowest BCUT2D eigenvalue weighted by Gasteiger charge is -2.40. The van der Waals surface area contributed by atoms with Gasteiger partial charge in [-0.3, -0.25) is 4.98 Å². The first-order valence-corrected chi connectivity index (χ1v) is 10.4. The second-order valence-corrected chi connectivity index (χ2v) is 7.86. The predicted molar refractivity (Wildman–Crippen MR) is 122 cm³/mol. The van der Waals surface area contributed by atoms with Crippen LogP contribution >= 0.6 is 0 Å². The van der Waals surface area contributed by atoms with Gasteiger partial charge in [0, 0.05) is 30.0 Å². The third-order valence-corrected chi connectivity index (χ3v) is 5.99. The van der Waals surface area contributed by atoms with Crippen molar-refractivity contribution >= 4 is 22.2 Å². The summed E-state index contributed by atoms with van der Waals surface area (Å²) in [6, 6.07) is 22.5. The molecule has 1 saturated heterocycles. The number of nitrogens with zero attached hydrogens (tertiary/aromatic N) is 5. The Labute approximate surface area is 179 Å². The predicted octanol–water partition coefficient (Wildman–Crippen LogP) is 4.56. The SMILES string of the molecule is COc1cccc(-c2ncc3ccnn3c2C2CN(c3ccc4ccccc4n3)C2)c1. The van der Waals surface area contributed by atoms with Crippen molar-refractivity contribution in [2.24, 2.45) is 0 Å². The van der Waals surface area contributed by atoms with Gasteiger partial charge >= 0.3 is 0 Å². The molecule has 0 radical (unpaired) electrons. The number of ether oxygens (including phenoxy) is 1. The lowest BCUT2D eigenvalue weighted by atomic mass is 9.92. The average molecular weight is 407 g/mol. The molecular weight excluding hydrogens is 386 g/mol. The van der Waals surface area contributed by atoms with Crippen LogP contribution in [0.5, 0.6) is 5.75 Å². The molecule has 1 fully saturated rings. The van der Waals surface area contributed by atoms with E-state index < -0.39 is 0 Å². The molecule has 6 nitrogen and oxygen atoms in total. The molecule has 0 unspecified atom stereocenters. The van der Waals surface area contributed by atoms with Gasteiger partial charge in [-0.2, -0.15) is 5.10 Å². The largest absolute Gasteiger partial charge is 0.497 e. The van der Waals surface area contributed by atoms with Crippen molar-refractivity contribution in [1.82, 2.24) is 19.6 Å². The molecule has 1 aliphatic heterocycles. The molecule has 0 amide bonds. The van der Waals surface area contributed by atoms with Crippen molar-refractivity contribution < 1.29 is 4.74 Å². The number of aromatic nitrogens is 4. The molecule has 2 aromatic carbocycles. The van der Waals surface area contributed by atoms with Crippen LogP contribution in [0.15, 0.2) is 79.1 Å². The third-order valence-electron chi connectivity index (χ3n) is 5.99. The van der Waals surface area contributed by atoms with Gasteiger partial charge in [-0.1, -0.05) is 30.3 Å². The summed E-state index contributed by atoms with van der Waals surface area (Å²) in [6.45, 7) is 1.76. The van der Waals surface area contributed by atoms with E-state index in [4.69, 9.17) is 14.7 Å². The summed E-state index contributed by atoms with van der Waals surface area (Å²) in [4.78, 5) is 12.0. The van der Waals surface area contributed by atoms with Crippen LogP contribution in [0, 0.1) is 0 Å². The molecule has 0 atom stereocenters. The number of fused-ring (bicyclic) bond motifs is 2. The Hall–Kier alpha value is -3.93. The van der Waals surface area contributed by atoms with Gasteiger partial charge in [0.15, 0.2) is 0 Å². The maximum atomic E-state index is 5.43. The average Bonchev–Trinajstić information content (AvgIpc) is 3.27. The minimum absolute atomic E-state index is 0.311. The Kier molecular flexibility index (Phi) is 4.09. The van der Waals surface area contributed by atoms with E-state index in [9.17, 15) is 0 Å². The van der Waals surface area contributed by atoms with E-state index in [1.807, 2.05) is 53.3 Å². The lowest BCUT2D eigenvalue weighted by Crippen LogP contribution is -2.46. The smallest absolute Gasteiger partial charge is 0.129 e. The van der Waals surface area contributed by atoms with Crippen LogP contribution in [0.3, 0.4) is 0 Å². The van der Waals surface area contributed by atoms with E-state index in [0.717, 1.165) is 58.0 Å². The van der Waals surface area contributed by atoms with Crippen molar-refractivity contribution in [1.29, 1.82) is 0 Å². The van der Waals surface area contributed by atoms with E-state index in [-0.39, 0.29) is 0 Å². The molecule has 152 valence electrons. The van der Waals surface area contributed by atoms with Gasteiger partial charge in [0.2, 0.25) is 0 Å². The minimum Gasteiger partial charge on any atom is -0.497 e. The van der Waals surface area contributed by atoms with Crippen LogP contribution < -0.4 is 9.64 Å². The Morgan fingerprint density at radius 2 is 1.87 bits per heavy atom. The summed E-state index contributed by atoms with van der Waals surface area (Å²) in [7, 11) is 1.69. The second kappa shape index (κ2) is 7.09. The standard InChI is InChI=1S/C25H21N5O/c1-31-21-7-4-6-18(13-21)24-25(30-20(14-26-24)11-12-27-30)19-15-29(16-19)23-10-9-17-5-2-3-8-22(17)28-23/h2-14,19H,15-16H2,1H3. The van der Waals surface area contributed by atoms with Crippen molar-refractivity contribution in [3.63, 3.8) is 0 Å². The zero-order chi connectivity index (χ0) is 20.8. The Morgan fingerprint density at radius 1 is 0.968 bits per heavy atom. The van der Waals surface area contributed by atoms with Crippen LogP contribution in [0.4, 0.5) is 5.82 Å². The van der Waals surface area contributed by atoms with E-state index in [1.54, 1.807) is 7.11 Å². The molecule has 0 N–H and O–H groups in total. The van der Waals surface area contributed by atoms with Crippen LogP contribution in [0.25, 0.3) is 27.7 Å². The molecule has 5 aromatic rings. The number of para-hydroxylation sites is 1. The molecule has 0 saturated carbocycles. The molecular formula is C25H21N5O. The lowest BCUT2D eigenvalue weighted by molar-refractivity contribution is 0.415. The number of hydrogen-bond donors (Lipinski definition) is 0. The maximum Gasteiger partial charge on any atom is 0.129 e. The number of anilines is 1. The highest BCUT2D eigenvalue weighted by Crippen LogP contribution is 2.36. The molecule has 0 aliphatic carbocycles. The highest BCUT2D eigenvalue weighted by molar-refractivity contribution is 5.80. The van der Waals surface area contributed by atoms with Crippen LogP contribution in [-0.4, -0.2) is 39.8 Å². The summed E-state index contributed by atoms with van der Waals surface area (Å²) >= 11 is 0. The summed E-state index contributed by atoms with van der Waals surface area (Å²) < 4.78 is 7.46. The number of pyridine rings is 1. The van der Waals surface area contributed by atoms with Crippen molar-refractivity contribution in [3.05, 3.63) is 84.8 Å². The van der Waals surface area contributed by atoms with E-state index in [2.05, 4.69) is 40.3 Å². The fourth-order valence-corrected chi connectivity index (χ4v) is 4.34. The Bertz CT molecular complexity index is 1400. The third kappa shape index (κ3) is 2.99. The van der Waals surface area contributed by atoms with Crippen LogP contribution in [0.2, 0.25) is 0 Å². The number of benzene rings is 2. The van der Waals surface area contributed by atoms with Crippen molar-refractivity contribution in [3.8, 4) is 17.0 Å². The fraction of sp³-hybridized carbons (Fsp3) is 0.160. The van der Waals surface area contributed by atoms with Gasteiger partial charge in [0.25, 0.3) is 0 Å². The van der Waals surface area contributed by atoms with Crippen LogP contribution in [0.1, 0.15) is 11.6 Å². The first-order chi connectivity index (χ1) is 15.3. The zero-order valence-electron chi connectivity index (χ0n) is 17.1. The van der Waals surface area contributed by atoms with Gasteiger partial charge in [0.1, 0.15) is 11.6 Å². The Balaban J connectivity index is 1.37. The van der Waals surface area contributed by atoms with Crippen LogP contribution in [-0.2, 0) is 0 Å². The summed E-state index contributed by atoms with van der Waals surface area (Å²) in [6.07, 6.45) is 3.71. The second-order valence-electron chi connectivity index (χ2n) is 7.86. The van der Waals surface area contributed by atoms with Crippen molar-refractivity contribution in [2.75, 3.05) is 25.1 Å². The normalized spacial score (nSPS) is 14.2. The monoisotopic (exact) mass is 407 g/mol. The number of methoxy groups -OCH3 is 1. The quantitative estimate of drug-likeness (QED) is 0.437. The zero-order valence-corrected chi connectivity index (χ0v) is 17.1. The minimum atomic E-state index is 0.311. The van der Waals surface area contributed by atoms with Gasteiger partial charge in [-0.05, 0) is 36.4 Å². The molecule has 0 bridgehead atoms. The highest BCUT2D eigenvalue weighted by atomic mass is 16.5. The molecule has 4 heterocycles. The van der Waals surface area contributed by atoms with E-state index in [0.29, 0.717) is 5.92 Å². The topological polar surface area (TPSA) is 55.6 Å². The fourth-order valence-electron chi connectivity index (χ4n) is 4.34. The number of rotatable bonds is 4. The van der Waals surface area contributed by atoms with E-state index in [1.165, 1.54) is 0 Å². The van der Waals surface area contributed by atoms with Gasteiger partial charge < -0.3 is 9.64 Å². The molecule has 3 aromatic heterocycles. The first kappa shape index (κ1) is 17.9. The maximum absolute atomic E-state index is 5.43. The molecule has 6 heteroatoms. The molecule has 31 heavy (non-hydrogen) atoms. The summed E-state index contributed by atoms with van der Waals surface area (Å²) in [5.74, 6) is 2.14. The van der Waals surface area contributed by atoms with Gasteiger partial charge in [-0.15, -0.1) is 0 Å². The van der Waals surface area contributed by atoms with Gasteiger partial charge in [0.05, 0.1) is 41.9 Å². The highest BCUT2D eigenvalue weighted by Gasteiger charge is 2.33. The summed E-state index contributed by atoms with van der Waals surface area (Å²) in [5, 5.41) is 5.76. The number of hydrogen-bond acceptors (Lipinski definition) is 5. The summed E-state index contributed by atoms with van der Waals surface area (Å²) in [5.41, 5.74) is 5.15. The van der Waals surface area contributed by atoms with Gasteiger partial charge in [-0.25, -0.2) is 9.50 Å². The Morgan fingerprint density at radius 3 is 2.77 bits per heavy atom. The molecule has 1 aliphatic rings. The van der Waals surface area contributed by atoms with E-state index >= 15 is 0 Å². The van der Waals surface area contributed by atoms with Crippen molar-refractivity contribution in [2.45, 2.75) is 5.92 Å².